The molecule has 17 heavy (non-hydrogen) atoms. The Kier molecular flexibility index (Phi) is 5.76. The van der Waals surface area contributed by atoms with E-state index in [1.54, 1.807) is 0 Å². The van der Waals surface area contributed by atoms with Crippen molar-refractivity contribution in [3.63, 3.8) is 0 Å². The summed E-state index contributed by atoms with van der Waals surface area (Å²) < 4.78 is 34.3. The molecule has 0 amide bonds. The molecule has 0 bridgehead atoms. The van der Waals surface area contributed by atoms with Crippen LogP contribution in [0.2, 0.25) is 0 Å². The normalized spacial score (nSPS) is 25.8. The van der Waals surface area contributed by atoms with Gasteiger partial charge in [0, 0.05) is 12.1 Å². The molecule has 1 heterocycles. The molecule has 2 atom stereocenters. The number of nitrogens with one attached hydrogen (secondary N) is 1. The number of hydrogen-bond donors (Lipinski definition) is 1. The fraction of sp³-hybridized carbons (Fsp3) is 1.00. The van der Waals surface area contributed by atoms with Crippen molar-refractivity contribution in [3.8, 4) is 0 Å². The van der Waals surface area contributed by atoms with Crippen LogP contribution in [0, 0.1) is 0 Å². The zero-order valence-electron chi connectivity index (χ0n) is 10.8. The van der Waals surface area contributed by atoms with Gasteiger partial charge in [0.25, 0.3) is 6.43 Å². The van der Waals surface area contributed by atoms with Crippen molar-refractivity contribution in [3.05, 3.63) is 0 Å². The molecule has 102 valence electrons. The third-order valence-electron chi connectivity index (χ3n) is 2.60. The lowest BCUT2D eigenvalue weighted by atomic mass is 10.1. The van der Waals surface area contributed by atoms with Gasteiger partial charge in [-0.1, -0.05) is 0 Å². The number of alkyl halides is 2. The molecule has 5 heteroatoms. The third-order valence-corrected chi connectivity index (χ3v) is 2.60. The van der Waals surface area contributed by atoms with Crippen molar-refractivity contribution in [2.75, 3.05) is 19.8 Å². The molecule has 0 radical (unpaired) electrons. The van der Waals surface area contributed by atoms with Gasteiger partial charge in [0.2, 0.25) is 0 Å². The molecule has 2 unspecified atom stereocenters. The number of ether oxygens (including phenoxy) is 2. The second-order valence-corrected chi connectivity index (χ2v) is 5.52. The van der Waals surface area contributed by atoms with Crippen LogP contribution < -0.4 is 5.32 Å². The lowest BCUT2D eigenvalue weighted by Gasteiger charge is -2.23. The molecule has 1 N–H and O–H groups in total. The zero-order valence-corrected chi connectivity index (χ0v) is 10.8. The van der Waals surface area contributed by atoms with Gasteiger partial charge in [-0.25, -0.2) is 8.78 Å². The predicted octanol–water partition coefficient (Wildman–Crippen LogP) is 2.20. The molecule has 1 aliphatic heterocycles. The Morgan fingerprint density at radius 3 is 2.53 bits per heavy atom. The molecule has 0 aliphatic carbocycles. The first-order valence-corrected chi connectivity index (χ1v) is 6.13. The molecule has 1 saturated heterocycles. The maximum absolute atomic E-state index is 11.9. The molecule has 0 aromatic heterocycles. The van der Waals surface area contributed by atoms with Crippen molar-refractivity contribution < 1.29 is 18.3 Å². The number of halogens is 2. The summed E-state index contributed by atoms with van der Waals surface area (Å²) in [4.78, 5) is 0. The summed E-state index contributed by atoms with van der Waals surface area (Å²) in [5.41, 5.74) is 0.0770. The fourth-order valence-corrected chi connectivity index (χ4v) is 1.76. The van der Waals surface area contributed by atoms with E-state index in [-0.39, 0.29) is 24.4 Å². The highest BCUT2D eigenvalue weighted by atomic mass is 19.3. The largest absolute Gasteiger partial charge is 0.373 e. The number of hydrogen-bond acceptors (Lipinski definition) is 3. The van der Waals surface area contributed by atoms with Crippen molar-refractivity contribution in [1.82, 2.24) is 5.32 Å². The Labute approximate surface area is 102 Å². The van der Waals surface area contributed by atoms with E-state index >= 15 is 0 Å². The van der Waals surface area contributed by atoms with Gasteiger partial charge >= 0.3 is 0 Å². The molecule has 0 spiro atoms. The van der Waals surface area contributed by atoms with Crippen molar-refractivity contribution in [1.29, 1.82) is 0 Å². The van der Waals surface area contributed by atoms with E-state index in [2.05, 4.69) is 26.1 Å². The van der Waals surface area contributed by atoms with E-state index in [9.17, 15) is 8.78 Å². The van der Waals surface area contributed by atoms with Gasteiger partial charge in [-0.05, 0) is 33.6 Å². The van der Waals surface area contributed by atoms with Gasteiger partial charge in [-0.2, -0.15) is 0 Å². The van der Waals surface area contributed by atoms with E-state index in [0.717, 1.165) is 19.4 Å². The van der Waals surface area contributed by atoms with E-state index in [1.165, 1.54) is 0 Å². The van der Waals surface area contributed by atoms with Crippen LogP contribution in [-0.2, 0) is 9.47 Å². The molecule has 0 saturated carbocycles. The van der Waals surface area contributed by atoms with Crippen LogP contribution in [0.25, 0.3) is 0 Å². The maximum Gasteiger partial charge on any atom is 0.261 e. The van der Waals surface area contributed by atoms with Crippen LogP contribution >= 0.6 is 0 Å². The zero-order chi connectivity index (χ0) is 12.9. The lowest BCUT2D eigenvalue weighted by Crippen LogP contribution is -2.41. The predicted molar refractivity (Wildman–Crippen MR) is 62.5 cm³/mol. The monoisotopic (exact) mass is 251 g/mol. The Bertz CT molecular complexity index is 219. The smallest absolute Gasteiger partial charge is 0.261 e. The quantitative estimate of drug-likeness (QED) is 0.785. The molecule has 3 nitrogen and oxygen atoms in total. The average Bonchev–Trinajstić information content (AvgIpc) is 2.61. The average molecular weight is 251 g/mol. The van der Waals surface area contributed by atoms with Crippen LogP contribution in [0.3, 0.4) is 0 Å². The summed E-state index contributed by atoms with van der Waals surface area (Å²) in [5.74, 6) is 0. The van der Waals surface area contributed by atoms with Crippen molar-refractivity contribution in [2.24, 2.45) is 0 Å². The van der Waals surface area contributed by atoms with E-state index < -0.39 is 13.0 Å². The van der Waals surface area contributed by atoms with E-state index in [4.69, 9.17) is 9.47 Å². The summed E-state index contributed by atoms with van der Waals surface area (Å²) in [7, 11) is 0. The highest BCUT2D eigenvalue weighted by molar-refractivity contribution is 4.79. The van der Waals surface area contributed by atoms with Crippen LogP contribution in [-0.4, -0.2) is 43.9 Å². The van der Waals surface area contributed by atoms with Gasteiger partial charge < -0.3 is 14.8 Å². The Morgan fingerprint density at radius 2 is 1.94 bits per heavy atom. The third kappa shape index (κ3) is 6.91. The van der Waals surface area contributed by atoms with Crippen LogP contribution in [0.1, 0.15) is 33.6 Å². The second-order valence-electron chi connectivity index (χ2n) is 5.52. The number of rotatable bonds is 6. The molecule has 1 rings (SSSR count). The first-order valence-electron chi connectivity index (χ1n) is 6.13. The van der Waals surface area contributed by atoms with E-state index in [0.29, 0.717) is 0 Å². The van der Waals surface area contributed by atoms with Crippen molar-refractivity contribution in [2.45, 2.75) is 57.8 Å². The van der Waals surface area contributed by atoms with Gasteiger partial charge in [0.05, 0.1) is 18.8 Å². The Hall–Kier alpha value is -0.260. The topological polar surface area (TPSA) is 30.5 Å². The highest BCUT2D eigenvalue weighted by Crippen LogP contribution is 2.20. The maximum atomic E-state index is 11.9. The van der Waals surface area contributed by atoms with Crippen LogP contribution in [0.4, 0.5) is 8.78 Å². The Morgan fingerprint density at radius 1 is 1.29 bits per heavy atom. The molecule has 1 fully saturated rings. The molecular weight excluding hydrogens is 228 g/mol. The SMILES string of the molecule is CC(C)(C)NCC1CCC(COCC(F)F)O1. The summed E-state index contributed by atoms with van der Waals surface area (Å²) in [6.07, 6.45) is -0.393. The minimum Gasteiger partial charge on any atom is -0.373 e. The second kappa shape index (κ2) is 6.61. The summed E-state index contributed by atoms with van der Waals surface area (Å²) in [5, 5.41) is 3.37. The van der Waals surface area contributed by atoms with Gasteiger partial charge in [0.1, 0.15) is 6.61 Å². The van der Waals surface area contributed by atoms with E-state index in [1.807, 2.05) is 0 Å². The molecular formula is C12H23F2NO2. The standard InChI is InChI=1S/C12H23F2NO2/c1-12(2,3)15-6-9-4-5-10(17-9)7-16-8-11(13)14/h9-11,15H,4-8H2,1-3H3. The van der Waals surface area contributed by atoms with Crippen molar-refractivity contribution >= 4 is 0 Å². The Balaban J connectivity index is 2.10. The summed E-state index contributed by atoms with van der Waals surface area (Å²) >= 11 is 0. The minimum absolute atomic E-state index is 0.0273. The summed E-state index contributed by atoms with van der Waals surface area (Å²) in [6.45, 7) is 6.89. The van der Waals surface area contributed by atoms with Gasteiger partial charge in [0.15, 0.2) is 0 Å². The minimum atomic E-state index is -2.39. The highest BCUT2D eigenvalue weighted by Gasteiger charge is 2.26. The molecule has 0 aromatic carbocycles. The van der Waals surface area contributed by atoms with Crippen LogP contribution in [0.5, 0.6) is 0 Å². The molecule has 0 aromatic rings. The first kappa shape index (κ1) is 14.8. The van der Waals surface area contributed by atoms with Gasteiger partial charge in [-0.15, -0.1) is 0 Å². The van der Waals surface area contributed by atoms with Crippen LogP contribution in [0.15, 0.2) is 0 Å². The fourth-order valence-electron chi connectivity index (χ4n) is 1.76. The summed E-state index contributed by atoms with van der Waals surface area (Å²) in [6, 6.07) is 0. The first-order chi connectivity index (χ1) is 7.87. The van der Waals surface area contributed by atoms with Gasteiger partial charge in [-0.3, -0.25) is 0 Å². The molecule has 1 aliphatic rings. The lowest BCUT2D eigenvalue weighted by molar-refractivity contribution is -0.0441.